The van der Waals surface area contributed by atoms with E-state index in [4.69, 9.17) is 5.73 Å². The second-order valence-electron chi connectivity index (χ2n) is 8.30. The van der Waals surface area contributed by atoms with Gasteiger partial charge in [0.1, 0.15) is 5.78 Å². The number of fused-ring (bicyclic) bond motifs is 5. The van der Waals surface area contributed by atoms with E-state index in [9.17, 15) is 4.79 Å². The molecule has 3 saturated carbocycles. The minimum absolute atomic E-state index is 0.0604. The fourth-order valence-corrected chi connectivity index (χ4v) is 5.81. The van der Waals surface area contributed by atoms with Crippen molar-refractivity contribution in [1.82, 2.24) is 0 Å². The van der Waals surface area contributed by atoms with Gasteiger partial charge in [-0.1, -0.05) is 37.1 Å². The zero-order chi connectivity index (χ0) is 14.8. The molecule has 4 aliphatic rings. The van der Waals surface area contributed by atoms with Crippen LogP contribution in [0, 0.1) is 22.7 Å². The summed E-state index contributed by atoms with van der Waals surface area (Å²) in [6.45, 7) is 4.68. The lowest BCUT2D eigenvalue weighted by Gasteiger charge is -2.53. The number of hydrogen-bond acceptors (Lipinski definition) is 2. The summed E-state index contributed by atoms with van der Waals surface area (Å²) in [5, 5.41) is 0. The Hall–Kier alpha value is -0.890. The third kappa shape index (κ3) is 1.72. The number of rotatable bonds is 0. The van der Waals surface area contributed by atoms with Gasteiger partial charge in [0, 0.05) is 17.9 Å². The van der Waals surface area contributed by atoms with E-state index in [1.807, 2.05) is 0 Å². The summed E-state index contributed by atoms with van der Waals surface area (Å²) in [6.07, 6.45) is 12.3. The van der Waals surface area contributed by atoms with Crippen LogP contribution in [0.25, 0.3) is 0 Å². The maximum absolute atomic E-state index is 12.4. The quantitative estimate of drug-likeness (QED) is 0.736. The van der Waals surface area contributed by atoms with Gasteiger partial charge in [-0.3, -0.25) is 4.79 Å². The first-order valence-corrected chi connectivity index (χ1v) is 8.65. The largest absolute Gasteiger partial charge is 0.327 e. The minimum Gasteiger partial charge on any atom is -0.327 e. The highest BCUT2D eigenvalue weighted by Crippen LogP contribution is 2.62. The molecule has 0 unspecified atom stereocenters. The standard InChI is InChI=1S/C19H27NO/c1-18-9-7-13(20)11-12(18)3-4-14-15-5-6-17(21)19(15,2)10-8-16(14)18/h3-4,13,15-16H,5-11,20H2,1-2H3/t13-,15+,16+,18+,19+/m1/s1. The van der Waals surface area contributed by atoms with E-state index in [0.717, 1.165) is 32.1 Å². The van der Waals surface area contributed by atoms with Gasteiger partial charge < -0.3 is 5.73 Å². The lowest BCUT2D eigenvalue weighted by molar-refractivity contribution is -0.127. The lowest BCUT2D eigenvalue weighted by atomic mass is 9.51. The van der Waals surface area contributed by atoms with E-state index in [-0.39, 0.29) is 5.41 Å². The highest BCUT2D eigenvalue weighted by atomic mass is 16.1. The first-order valence-electron chi connectivity index (χ1n) is 8.65. The van der Waals surface area contributed by atoms with E-state index in [1.165, 1.54) is 12.8 Å². The highest BCUT2D eigenvalue weighted by Gasteiger charge is 2.55. The van der Waals surface area contributed by atoms with Crippen LogP contribution >= 0.6 is 0 Å². The second kappa shape index (κ2) is 4.32. The maximum Gasteiger partial charge on any atom is 0.139 e. The maximum atomic E-state index is 12.4. The Morgan fingerprint density at radius 1 is 1.05 bits per heavy atom. The molecule has 2 nitrogen and oxygen atoms in total. The Morgan fingerprint density at radius 3 is 2.57 bits per heavy atom. The van der Waals surface area contributed by atoms with Crippen LogP contribution in [-0.2, 0) is 4.79 Å². The van der Waals surface area contributed by atoms with Crippen molar-refractivity contribution in [2.75, 3.05) is 0 Å². The van der Waals surface area contributed by atoms with Crippen LogP contribution in [0.4, 0.5) is 0 Å². The molecule has 5 atom stereocenters. The first kappa shape index (κ1) is 13.8. The molecule has 0 amide bonds. The monoisotopic (exact) mass is 285 g/mol. The van der Waals surface area contributed by atoms with E-state index in [0.29, 0.717) is 29.1 Å². The highest BCUT2D eigenvalue weighted by molar-refractivity contribution is 5.88. The summed E-state index contributed by atoms with van der Waals surface area (Å²) in [4.78, 5) is 12.4. The smallest absolute Gasteiger partial charge is 0.139 e. The Balaban J connectivity index is 1.75. The molecule has 3 fully saturated rings. The van der Waals surface area contributed by atoms with Crippen LogP contribution in [0.3, 0.4) is 0 Å². The van der Waals surface area contributed by atoms with Gasteiger partial charge >= 0.3 is 0 Å². The number of allylic oxidation sites excluding steroid dienone is 3. The van der Waals surface area contributed by atoms with E-state index in [2.05, 4.69) is 26.0 Å². The average Bonchev–Trinajstić information content (AvgIpc) is 2.76. The number of Topliss-reactive ketones (excluding diaryl/α,β-unsaturated/α-hetero) is 1. The molecule has 0 saturated heterocycles. The molecule has 4 rings (SSSR count). The van der Waals surface area contributed by atoms with Crippen LogP contribution < -0.4 is 5.73 Å². The minimum atomic E-state index is -0.0604. The summed E-state index contributed by atoms with van der Waals surface area (Å²) < 4.78 is 0. The number of carbonyl (C=O) groups excluding carboxylic acids is 1. The Bertz CT molecular complexity index is 560. The summed E-state index contributed by atoms with van der Waals surface area (Å²) in [7, 11) is 0. The molecule has 0 bridgehead atoms. The molecule has 2 heteroatoms. The molecule has 114 valence electrons. The topological polar surface area (TPSA) is 43.1 Å². The van der Waals surface area contributed by atoms with Gasteiger partial charge in [-0.25, -0.2) is 0 Å². The summed E-state index contributed by atoms with van der Waals surface area (Å²) in [6, 6.07) is 0.348. The number of hydrogen-bond donors (Lipinski definition) is 1. The van der Waals surface area contributed by atoms with Crippen molar-refractivity contribution < 1.29 is 4.79 Å². The predicted molar refractivity (Wildman–Crippen MR) is 84.7 cm³/mol. The van der Waals surface area contributed by atoms with Crippen molar-refractivity contribution >= 4 is 5.78 Å². The second-order valence-corrected chi connectivity index (χ2v) is 8.30. The van der Waals surface area contributed by atoms with Crippen LogP contribution in [-0.4, -0.2) is 11.8 Å². The van der Waals surface area contributed by atoms with Gasteiger partial charge in [-0.15, -0.1) is 0 Å². The first-order chi connectivity index (χ1) is 9.95. The summed E-state index contributed by atoms with van der Waals surface area (Å²) in [5.74, 6) is 1.68. The zero-order valence-corrected chi connectivity index (χ0v) is 13.3. The van der Waals surface area contributed by atoms with E-state index < -0.39 is 0 Å². The lowest BCUT2D eigenvalue weighted by Crippen LogP contribution is -2.46. The van der Waals surface area contributed by atoms with Gasteiger partial charge in [-0.05, 0) is 55.8 Å². The number of carbonyl (C=O) groups is 1. The molecule has 0 aliphatic heterocycles. The van der Waals surface area contributed by atoms with Gasteiger partial charge in [0.25, 0.3) is 0 Å². The van der Waals surface area contributed by atoms with Crippen LogP contribution in [0.5, 0.6) is 0 Å². The third-order valence-corrected chi connectivity index (χ3v) is 7.32. The normalized spacial score (nSPS) is 48.9. The fourth-order valence-electron chi connectivity index (χ4n) is 5.81. The Labute approximate surface area is 127 Å². The van der Waals surface area contributed by atoms with Gasteiger partial charge in [0.15, 0.2) is 0 Å². The van der Waals surface area contributed by atoms with Gasteiger partial charge in [0.05, 0.1) is 0 Å². The average molecular weight is 285 g/mol. The molecular formula is C19H27NO. The molecule has 0 aromatic rings. The van der Waals surface area contributed by atoms with Crippen LogP contribution in [0.1, 0.15) is 58.8 Å². The van der Waals surface area contributed by atoms with Crippen molar-refractivity contribution in [3.05, 3.63) is 23.3 Å². The van der Waals surface area contributed by atoms with Crippen molar-refractivity contribution in [3.63, 3.8) is 0 Å². The molecule has 0 aromatic heterocycles. The molecule has 0 aromatic carbocycles. The van der Waals surface area contributed by atoms with Crippen LogP contribution in [0.2, 0.25) is 0 Å². The Kier molecular flexibility index (Phi) is 2.83. The molecule has 4 aliphatic carbocycles. The fraction of sp³-hybridized carbons (Fsp3) is 0.737. The van der Waals surface area contributed by atoms with E-state index in [1.54, 1.807) is 11.1 Å². The predicted octanol–water partition coefficient (Wildman–Crippen LogP) is 3.77. The molecule has 2 N–H and O–H groups in total. The summed E-state index contributed by atoms with van der Waals surface area (Å²) >= 11 is 0. The molecule has 0 spiro atoms. The number of ketones is 1. The molecule has 0 heterocycles. The number of nitrogens with two attached hydrogens (primary N) is 1. The zero-order valence-electron chi connectivity index (χ0n) is 13.3. The van der Waals surface area contributed by atoms with Crippen molar-refractivity contribution in [3.8, 4) is 0 Å². The van der Waals surface area contributed by atoms with Crippen molar-refractivity contribution in [2.45, 2.75) is 64.8 Å². The van der Waals surface area contributed by atoms with Crippen molar-refractivity contribution in [2.24, 2.45) is 28.4 Å². The van der Waals surface area contributed by atoms with Crippen molar-refractivity contribution in [1.29, 1.82) is 0 Å². The molecular weight excluding hydrogens is 258 g/mol. The third-order valence-electron chi connectivity index (χ3n) is 7.32. The van der Waals surface area contributed by atoms with E-state index >= 15 is 0 Å². The molecule has 0 radical (unpaired) electrons. The molecule has 21 heavy (non-hydrogen) atoms. The van der Waals surface area contributed by atoms with Gasteiger partial charge in [-0.2, -0.15) is 0 Å². The van der Waals surface area contributed by atoms with Crippen LogP contribution in [0.15, 0.2) is 23.3 Å². The Morgan fingerprint density at radius 2 is 1.76 bits per heavy atom. The SMILES string of the molecule is C[C@]12CC[C@@H](N)CC1=CC=C1[C@@H]2CC[C@]2(C)C(=O)CC[C@@H]12. The van der Waals surface area contributed by atoms with Gasteiger partial charge in [0.2, 0.25) is 0 Å². The summed E-state index contributed by atoms with van der Waals surface area (Å²) in [5.41, 5.74) is 9.61.